The van der Waals surface area contributed by atoms with Gasteiger partial charge in [-0.2, -0.15) is 5.10 Å². The molecule has 2 N–H and O–H groups in total. The summed E-state index contributed by atoms with van der Waals surface area (Å²) >= 11 is 0. The van der Waals surface area contributed by atoms with Crippen molar-refractivity contribution in [2.24, 2.45) is 0 Å². The lowest BCUT2D eigenvalue weighted by Gasteiger charge is -2.22. The van der Waals surface area contributed by atoms with E-state index in [1.807, 2.05) is 19.1 Å². The van der Waals surface area contributed by atoms with E-state index >= 15 is 0 Å². The number of pyridine rings is 1. The van der Waals surface area contributed by atoms with Crippen LogP contribution in [0.25, 0.3) is 11.3 Å². The van der Waals surface area contributed by atoms with Crippen LogP contribution in [0.2, 0.25) is 0 Å². The molecule has 6 nitrogen and oxygen atoms in total. The minimum atomic E-state index is -2.98. The van der Waals surface area contributed by atoms with E-state index in [4.69, 9.17) is 5.73 Å². The number of hydrogen-bond donors (Lipinski definition) is 1. The molecule has 20 heavy (non-hydrogen) atoms. The maximum Gasteiger partial charge on any atom is 0.152 e. The summed E-state index contributed by atoms with van der Waals surface area (Å²) in [6, 6.07) is 3.66. The van der Waals surface area contributed by atoms with Gasteiger partial charge in [-0.25, -0.2) is 8.42 Å². The molecule has 1 fully saturated rings. The van der Waals surface area contributed by atoms with Gasteiger partial charge >= 0.3 is 0 Å². The van der Waals surface area contributed by atoms with Crippen LogP contribution in [0.5, 0.6) is 0 Å². The van der Waals surface area contributed by atoms with Crippen molar-refractivity contribution in [2.75, 3.05) is 17.2 Å². The summed E-state index contributed by atoms with van der Waals surface area (Å²) < 4.78 is 25.1. The number of sulfone groups is 1. The quantitative estimate of drug-likeness (QED) is 0.893. The Labute approximate surface area is 117 Å². The number of aromatic nitrogens is 3. The van der Waals surface area contributed by atoms with E-state index in [2.05, 4.69) is 10.1 Å². The summed E-state index contributed by atoms with van der Waals surface area (Å²) in [6.45, 7) is 1.90. The van der Waals surface area contributed by atoms with Gasteiger partial charge in [-0.05, 0) is 25.5 Å². The van der Waals surface area contributed by atoms with E-state index in [0.29, 0.717) is 17.8 Å². The zero-order valence-electron chi connectivity index (χ0n) is 11.2. The Kier molecular flexibility index (Phi) is 2.82. The lowest BCUT2D eigenvalue weighted by molar-refractivity contribution is 0.329. The summed E-state index contributed by atoms with van der Waals surface area (Å²) in [4.78, 5) is 3.96. The van der Waals surface area contributed by atoms with Crippen LogP contribution in [0.15, 0.2) is 30.7 Å². The Morgan fingerprint density at radius 2 is 2.05 bits per heavy atom. The van der Waals surface area contributed by atoms with E-state index in [0.717, 1.165) is 5.56 Å². The molecule has 0 radical (unpaired) electrons. The van der Waals surface area contributed by atoms with Crippen molar-refractivity contribution in [3.05, 3.63) is 30.7 Å². The standard InChI is InChI=1S/C13H16N4O2S/c1-13(4-7-20(18,19)9-13)17-8-11(14)12(16-17)10-2-5-15-6-3-10/h2-3,5-6,8H,4,7,9,14H2,1H3. The minimum absolute atomic E-state index is 0.108. The van der Waals surface area contributed by atoms with Crippen molar-refractivity contribution in [1.29, 1.82) is 0 Å². The number of nitrogens with two attached hydrogens (primary N) is 1. The van der Waals surface area contributed by atoms with E-state index in [9.17, 15) is 8.42 Å². The second-order valence-corrected chi connectivity index (χ2v) is 7.64. The third-order valence-electron chi connectivity index (χ3n) is 3.73. The van der Waals surface area contributed by atoms with Crippen molar-refractivity contribution in [3.8, 4) is 11.3 Å². The Hall–Kier alpha value is -1.89. The number of nitrogen functional groups attached to an aromatic ring is 1. The summed E-state index contributed by atoms with van der Waals surface area (Å²) in [5.41, 5.74) is 7.58. The first-order chi connectivity index (χ1) is 9.40. The molecule has 0 spiro atoms. The highest BCUT2D eigenvalue weighted by Crippen LogP contribution is 2.33. The highest BCUT2D eigenvalue weighted by atomic mass is 32.2. The molecule has 106 valence electrons. The van der Waals surface area contributed by atoms with Crippen LogP contribution < -0.4 is 5.73 Å². The van der Waals surface area contributed by atoms with Gasteiger partial charge in [-0.15, -0.1) is 0 Å². The highest BCUT2D eigenvalue weighted by Gasteiger charge is 2.40. The average molecular weight is 292 g/mol. The highest BCUT2D eigenvalue weighted by molar-refractivity contribution is 7.91. The molecule has 1 aliphatic rings. The van der Waals surface area contributed by atoms with Crippen molar-refractivity contribution in [1.82, 2.24) is 14.8 Å². The van der Waals surface area contributed by atoms with Gasteiger partial charge in [0.25, 0.3) is 0 Å². The first-order valence-electron chi connectivity index (χ1n) is 6.36. The molecule has 0 aromatic carbocycles. The SMILES string of the molecule is CC1(n2cc(N)c(-c3ccncc3)n2)CCS(=O)(=O)C1. The number of anilines is 1. The van der Waals surface area contributed by atoms with Gasteiger partial charge < -0.3 is 5.73 Å². The Balaban J connectivity index is 2.02. The van der Waals surface area contributed by atoms with Crippen molar-refractivity contribution in [2.45, 2.75) is 18.9 Å². The van der Waals surface area contributed by atoms with Crippen LogP contribution in [0.4, 0.5) is 5.69 Å². The molecule has 0 saturated carbocycles. The molecule has 1 unspecified atom stereocenters. The van der Waals surface area contributed by atoms with Crippen LogP contribution in [-0.4, -0.2) is 34.7 Å². The fourth-order valence-corrected chi connectivity index (χ4v) is 4.69. The number of nitrogens with zero attached hydrogens (tertiary/aromatic N) is 3. The lowest BCUT2D eigenvalue weighted by atomic mass is 10.0. The van der Waals surface area contributed by atoms with Crippen LogP contribution in [0, 0.1) is 0 Å². The maximum absolute atomic E-state index is 11.7. The van der Waals surface area contributed by atoms with Crippen molar-refractivity contribution in [3.63, 3.8) is 0 Å². The predicted molar refractivity (Wildman–Crippen MR) is 76.8 cm³/mol. The van der Waals surface area contributed by atoms with Gasteiger partial charge in [0.2, 0.25) is 0 Å². The fourth-order valence-electron chi connectivity index (χ4n) is 2.57. The topological polar surface area (TPSA) is 90.9 Å². The predicted octanol–water partition coefficient (Wildman–Crippen LogP) is 1.06. The zero-order chi connectivity index (χ0) is 14.4. The second kappa shape index (κ2) is 4.31. The largest absolute Gasteiger partial charge is 0.396 e. The summed E-state index contributed by atoms with van der Waals surface area (Å²) in [5, 5.41) is 4.50. The smallest absolute Gasteiger partial charge is 0.152 e. The number of hydrogen-bond acceptors (Lipinski definition) is 5. The molecule has 7 heteroatoms. The molecule has 3 heterocycles. The third kappa shape index (κ3) is 2.18. The Bertz CT molecular complexity index is 739. The normalized spacial score (nSPS) is 24.9. The van der Waals surface area contributed by atoms with Gasteiger partial charge in [-0.1, -0.05) is 0 Å². The van der Waals surface area contributed by atoms with Gasteiger partial charge in [0.15, 0.2) is 9.84 Å². The molecular weight excluding hydrogens is 276 g/mol. The lowest BCUT2D eigenvalue weighted by Crippen LogP contribution is -2.31. The van der Waals surface area contributed by atoms with Gasteiger partial charge in [0.1, 0.15) is 5.69 Å². The summed E-state index contributed by atoms with van der Waals surface area (Å²) in [5.74, 6) is 0.310. The summed E-state index contributed by atoms with van der Waals surface area (Å²) in [6.07, 6.45) is 5.63. The molecule has 1 aliphatic heterocycles. The molecule has 0 bridgehead atoms. The van der Waals surface area contributed by atoms with Gasteiger partial charge in [0.05, 0.1) is 22.7 Å². The third-order valence-corrected chi connectivity index (χ3v) is 5.62. The van der Waals surface area contributed by atoms with Crippen LogP contribution in [0.1, 0.15) is 13.3 Å². The molecule has 1 atom stereocenters. The molecule has 2 aromatic rings. The Morgan fingerprint density at radius 1 is 1.35 bits per heavy atom. The molecule has 0 amide bonds. The van der Waals surface area contributed by atoms with Crippen LogP contribution >= 0.6 is 0 Å². The van der Waals surface area contributed by atoms with E-state index < -0.39 is 15.4 Å². The zero-order valence-corrected chi connectivity index (χ0v) is 12.0. The summed E-state index contributed by atoms with van der Waals surface area (Å²) in [7, 11) is -2.98. The Morgan fingerprint density at radius 3 is 2.65 bits per heavy atom. The molecule has 3 rings (SSSR count). The molecule has 0 aliphatic carbocycles. The van der Waals surface area contributed by atoms with Crippen molar-refractivity contribution >= 4 is 15.5 Å². The van der Waals surface area contributed by atoms with E-state index in [-0.39, 0.29) is 11.5 Å². The average Bonchev–Trinajstić information content (AvgIpc) is 2.92. The van der Waals surface area contributed by atoms with Crippen molar-refractivity contribution < 1.29 is 8.42 Å². The maximum atomic E-state index is 11.7. The molecular formula is C13H16N4O2S. The molecule has 1 saturated heterocycles. The van der Waals surface area contributed by atoms with E-state index in [1.165, 1.54) is 0 Å². The molecule has 2 aromatic heterocycles. The van der Waals surface area contributed by atoms with E-state index in [1.54, 1.807) is 23.3 Å². The van der Waals surface area contributed by atoms with Gasteiger partial charge in [0, 0.05) is 24.2 Å². The van der Waals surface area contributed by atoms with Crippen LogP contribution in [-0.2, 0) is 15.4 Å². The fraction of sp³-hybridized carbons (Fsp3) is 0.385. The minimum Gasteiger partial charge on any atom is -0.396 e. The first kappa shape index (κ1) is 13.1. The van der Waals surface area contributed by atoms with Crippen LogP contribution in [0.3, 0.4) is 0 Å². The van der Waals surface area contributed by atoms with Gasteiger partial charge in [-0.3, -0.25) is 9.67 Å². The first-order valence-corrected chi connectivity index (χ1v) is 8.18. The number of rotatable bonds is 2. The monoisotopic (exact) mass is 292 g/mol. The second-order valence-electron chi connectivity index (χ2n) is 5.45.